The predicted molar refractivity (Wildman–Crippen MR) is 68.2 cm³/mol. The Hall–Kier alpha value is -1.06. The molecule has 3 heteroatoms. The van der Waals surface area contributed by atoms with Crippen LogP contribution in [0.2, 0.25) is 0 Å². The van der Waals surface area contributed by atoms with E-state index in [9.17, 15) is 0 Å². The van der Waals surface area contributed by atoms with E-state index in [2.05, 4.69) is 30.4 Å². The molecular formula is C14H20N2O. The summed E-state index contributed by atoms with van der Waals surface area (Å²) in [6, 6.07) is 6.37. The molecule has 1 saturated heterocycles. The van der Waals surface area contributed by atoms with Crippen LogP contribution in [0.25, 0.3) is 0 Å². The van der Waals surface area contributed by atoms with Crippen molar-refractivity contribution in [3.63, 3.8) is 0 Å². The van der Waals surface area contributed by atoms with Crippen molar-refractivity contribution in [2.45, 2.75) is 37.8 Å². The molecule has 0 bridgehead atoms. The zero-order chi connectivity index (χ0) is 11.9. The lowest BCUT2D eigenvalue weighted by Gasteiger charge is -2.44. The third-order valence-electron chi connectivity index (χ3n) is 3.99. The summed E-state index contributed by atoms with van der Waals surface area (Å²) in [5.74, 6) is 1.02. The minimum Gasteiger partial charge on any atom is -0.485 e. The zero-order valence-electron chi connectivity index (χ0n) is 10.3. The van der Waals surface area contributed by atoms with Crippen molar-refractivity contribution in [2.75, 3.05) is 13.1 Å². The highest BCUT2D eigenvalue weighted by Crippen LogP contribution is 2.42. The number of para-hydroxylation sites is 1. The third-order valence-corrected chi connectivity index (χ3v) is 3.99. The normalized spacial score (nSPS) is 32.0. The van der Waals surface area contributed by atoms with Gasteiger partial charge in [0.25, 0.3) is 0 Å². The molecule has 0 saturated carbocycles. The smallest absolute Gasteiger partial charge is 0.127 e. The van der Waals surface area contributed by atoms with Crippen molar-refractivity contribution in [3.8, 4) is 5.75 Å². The number of hydrogen-bond donors (Lipinski definition) is 2. The van der Waals surface area contributed by atoms with Gasteiger partial charge in [-0.2, -0.15) is 0 Å². The number of fused-ring (bicyclic) bond motifs is 1. The fourth-order valence-corrected chi connectivity index (χ4v) is 3.08. The van der Waals surface area contributed by atoms with Gasteiger partial charge >= 0.3 is 0 Å². The number of benzene rings is 1. The molecule has 3 N–H and O–H groups in total. The molecule has 2 atom stereocenters. The molecule has 2 aliphatic rings. The molecule has 0 radical (unpaired) electrons. The van der Waals surface area contributed by atoms with E-state index < -0.39 is 0 Å². The first-order valence-electron chi connectivity index (χ1n) is 6.45. The van der Waals surface area contributed by atoms with Gasteiger partial charge in [0.15, 0.2) is 0 Å². The number of nitrogens with one attached hydrogen (secondary N) is 1. The Morgan fingerprint density at radius 2 is 2.35 bits per heavy atom. The lowest BCUT2D eigenvalue weighted by Crippen LogP contribution is -2.53. The first kappa shape index (κ1) is 11.1. The van der Waals surface area contributed by atoms with Crippen molar-refractivity contribution in [2.24, 2.45) is 5.73 Å². The second kappa shape index (κ2) is 4.00. The SMILES string of the molecule is Cc1cccc2c1OC1(CCCNC1)CC2N. The van der Waals surface area contributed by atoms with Crippen LogP contribution in [0.15, 0.2) is 18.2 Å². The van der Waals surface area contributed by atoms with Crippen molar-refractivity contribution >= 4 is 0 Å². The van der Waals surface area contributed by atoms with Crippen LogP contribution in [0.4, 0.5) is 0 Å². The second-order valence-electron chi connectivity index (χ2n) is 5.37. The number of ether oxygens (including phenoxy) is 1. The molecule has 2 unspecified atom stereocenters. The fraction of sp³-hybridized carbons (Fsp3) is 0.571. The summed E-state index contributed by atoms with van der Waals surface area (Å²) in [6.07, 6.45) is 3.21. The summed E-state index contributed by atoms with van der Waals surface area (Å²) in [5.41, 5.74) is 8.60. The van der Waals surface area contributed by atoms with Crippen LogP contribution in [0, 0.1) is 6.92 Å². The Labute approximate surface area is 102 Å². The fourth-order valence-electron chi connectivity index (χ4n) is 3.08. The molecule has 0 aliphatic carbocycles. The van der Waals surface area contributed by atoms with Gasteiger partial charge in [-0.15, -0.1) is 0 Å². The molecule has 17 heavy (non-hydrogen) atoms. The molecule has 3 nitrogen and oxygen atoms in total. The molecule has 0 amide bonds. The minimum absolute atomic E-state index is 0.0726. The van der Waals surface area contributed by atoms with Gasteiger partial charge in [-0.25, -0.2) is 0 Å². The van der Waals surface area contributed by atoms with E-state index in [1.165, 1.54) is 17.5 Å². The van der Waals surface area contributed by atoms with Crippen molar-refractivity contribution in [1.82, 2.24) is 5.32 Å². The molecule has 92 valence electrons. The standard InChI is InChI=1S/C14H20N2O/c1-10-4-2-5-11-12(15)8-14(17-13(10)11)6-3-7-16-9-14/h2,4-5,12,16H,3,6-9,15H2,1H3. The van der Waals surface area contributed by atoms with Crippen molar-refractivity contribution < 1.29 is 4.74 Å². The maximum atomic E-state index is 6.32. The van der Waals surface area contributed by atoms with Crippen LogP contribution in [-0.2, 0) is 0 Å². The summed E-state index contributed by atoms with van der Waals surface area (Å²) >= 11 is 0. The maximum Gasteiger partial charge on any atom is 0.127 e. The first-order valence-corrected chi connectivity index (χ1v) is 6.45. The van der Waals surface area contributed by atoms with Crippen molar-refractivity contribution in [3.05, 3.63) is 29.3 Å². The molecule has 1 aromatic rings. The van der Waals surface area contributed by atoms with E-state index in [4.69, 9.17) is 10.5 Å². The van der Waals surface area contributed by atoms with Gasteiger partial charge in [-0.1, -0.05) is 18.2 Å². The monoisotopic (exact) mass is 232 g/mol. The Morgan fingerprint density at radius 1 is 1.47 bits per heavy atom. The Morgan fingerprint density at radius 3 is 3.12 bits per heavy atom. The average Bonchev–Trinajstić information content (AvgIpc) is 2.32. The number of nitrogens with two attached hydrogens (primary N) is 1. The topological polar surface area (TPSA) is 47.3 Å². The van der Waals surface area contributed by atoms with E-state index in [-0.39, 0.29) is 11.6 Å². The number of aryl methyl sites for hydroxylation is 1. The molecule has 3 rings (SSSR count). The molecule has 0 aromatic heterocycles. The van der Waals surface area contributed by atoms with Crippen LogP contribution in [-0.4, -0.2) is 18.7 Å². The van der Waals surface area contributed by atoms with E-state index in [1.807, 2.05) is 0 Å². The van der Waals surface area contributed by atoms with Gasteiger partial charge in [0, 0.05) is 24.6 Å². The van der Waals surface area contributed by atoms with E-state index in [0.717, 1.165) is 31.7 Å². The molecule has 2 aliphatic heterocycles. The summed E-state index contributed by atoms with van der Waals surface area (Å²) in [4.78, 5) is 0. The Bertz CT molecular complexity index is 424. The van der Waals surface area contributed by atoms with E-state index >= 15 is 0 Å². The molecule has 2 heterocycles. The van der Waals surface area contributed by atoms with Gasteiger partial charge in [-0.05, 0) is 31.9 Å². The van der Waals surface area contributed by atoms with Crippen molar-refractivity contribution in [1.29, 1.82) is 0 Å². The van der Waals surface area contributed by atoms with Crippen LogP contribution in [0.1, 0.15) is 36.4 Å². The molecular weight excluding hydrogens is 212 g/mol. The summed E-state index contributed by atoms with van der Waals surface area (Å²) in [5, 5.41) is 3.44. The highest BCUT2D eigenvalue weighted by molar-refractivity contribution is 5.45. The zero-order valence-corrected chi connectivity index (χ0v) is 10.3. The predicted octanol–water partition coefficient (Wildman–Crippen LogP) is 1.90. The first-order chi connectivity index (χ1) is 8.20. The number of hydrogen-bond acceptors (Lipinski definition) is 3. The van der Waals surface area contributed by atoms with Gasteiger partial charge in [0.05, 0.1) is 0 Å². The van der Waals surface area contributed by atoms with Crippen LogP contribution < -0.4 is 15.8 Å². The third kappa shape index (κ3) is 1.83. The maximum absolute atomic E-state index is 6.32. The van der Waals surface area contributed by atoms with E-state index in [1.54, 1.807) is 0 Å². The van der Waals surface area contributed by atoms with Gasteiger partial charge in [0.1, 0.15) is 11.4 Å². The Kier molecular flexibility index (Phi) is 2.60. The van der Waals surface area contributed by atoms with Crippen LogP contribution in [0.3, 0.4) is 0 Å². The quantitative estimate of drug-likeness (QED) is 0.718. The molecule has 1 aromatic carbocycles. The summed E-state index contributed by atoms with van der Waals surface area (Å²) in [6.45, 7) is 4.12. The second-order valence-corrected chi connectivity index (χ2v) is 5.37. The summed E-state index contributed by atoms with van der Waals surface area (Å²) < 4.78 is 6.32. The largest absolute Gasteiger partial charge is 0.485 e. The average molecular weight is 232 g/mol. The van der Waals surface area contributed by atoms with E-state index in [0.29, 0.717) is 0 Å². The van der Waals surface area contributed by atoms with Gasteiger partial charge in [-0.3, -0.25) is 0 Å². The number of piperidine rings is 1. The minimum atomic E-state index is -0.0726. The lowest BCUT2D eigenvalue weighted by molar-refractivity contribution is 0.0130. The highest BCUT2D eigenvalue weighted by Gasteiger charge is 2.41. The van der Waals surface area contributed by atoms with Crippen LogP contribution in [0.5, 0.6) is 5.75 Å². The van der Waals surface area contributed by atoms with Gasteiger partial charge < -0.3 is 15.8 Å². The van der Waals surface area contributed by atoms with Gasteiger partial charge in [0.2, 0.25) is 0 Å². The number of rotatable bonds is 0. The molecule has 1 spiro atoms. The van der Waals surface area contributed by atoms with Crippen LogP contribution >= 0.6 is 0 Å². The Balaban J connectivity index is 1.99. The summed E-state index contributed by atoms with van der Waals surface area (Å²) in [7, 11) is 0. The molecule has 1 fully saturated rings. The highest BCUT2D eigenvalue weighted by atomic mass is 16.5. The lowest BCUT2D eigenvalue weighted by atomic mass is 9.82.